The summed E-state index contributed by atoms with van der Waals surface area (Å²) in [6, 6.07) is 10.6. The van der Waals surface area contributed by atoms with Gasteiger partial charge >= 0.3 is 0 Å². The Morgan fingerprint density at radius 2 is 1.90 bits per heavy atom. The number of para-hydroxylation sites is 1. The topological polar surface area (TPSA) is 119 Å². The molecule has 3 heterocycles. The van der Waals surface area contributed by atoms with E-state index in [0.717, 1.165) is 36.6 Å². The number of piperidine rings is 1. The number of rotatable bonds is 5. The number of carbonyl (C=O) groups is 2. The number of benzene rings is 1. The highest BCUT2D eigenvalue weighted by molar-refractivity contribution is 6.03. The van der Waals surface area contributed by atoms with Crippen LogP contribution in [-0.4, -0.2) is 44.7 Å². The minimum Gasteiger partial charge on any atom is -0.366 e. The van der Waals surface area contributed by atoms with Gasteiger partial charge in [0.05, 0.1) is 22.9 Å². The zero-order chi connectivity index (χ0) is 22.0. The molecule has 0 radical (unpaired) electrons. The molecular formula is C22H25N7O2. The summed E-state index contributed by atoms with van der Waals surface area (Å²) in [5.41, 5.74) is 8.07. The minimum absolute atomic E-state index is 0.133. The Hall–Kier alpha value is -3.75. The molecular weight excluding hydrogens is 394 g/mol. The van der Waals surface area contributed by atoms with Gasteiger partial charge < -0.3 is 16.0 Å². The maximum Gasteiger partial charge on any atom is 0.250 e. The van der Waals surface area contributed by atoms with Crippen molar-refractivity contribution < 1.29 is 9.59 Å². The van der Waals surface area contributed by atoms with E-state index in [0.29, 0.717) is 23.6 Å². The van der Waals surface area contributed by atoms with Crippen molar-refractivity contribution in [3.05, 3.63) is 59.7 Å². The predicted octanol–water partition coefficient (Wildman–Crippen LogP) is 2.23. The lowest BCUT2D eigenvalue weighted by Gasteiger charge is -2.33. The number of hydrogen-bond acceptors (Lipinski definition) is 6. The first-order valence-electron chi connectivity index (χ1n) is 10.2. The number of primary amides is 1. The van der Waals surface area contributed by atoms with Crippen LogP contribution in [0.3, 0.4) is 0 Å². The van der Waals surface area contributed by atoms with Crippen molar-refractivity contribution in [1.29, 1.82) is 0 Å². The summed E-state index contributed by atoms with van der Waals surface area (Å²) >= 11 is 0. The molecule has 1 aliphatic heterocycles. The second kappa shape index (κ2) is 8.55. The fourth-order valence-electron chi connectivity index (χ4n) is 3.93. The fourth-order valence-corrected chi connectivity index (χ4v) is 3.93. The molecule has 1 unspecified atom stereocenters. The molecule has 9 heteroatoms. The van der Waals surface area contributed by atoms with Crippen molar-refractivity contribution in [3.63, 3.8) is 0 Å². The van der Waals surface area contributed by atoms with Gasteiger partial charge in [-0.2, -0.15) is 5.10 Å². The summed E-state index contributed by atoms with van der Waals surface area (Å²) in [6.45, 7) is 5.25. The summed E-state index contributed by atoms with van der Waals surface area (Å²) in [6.07, 6.45) is 3.14. The Morgan fingerprint density at radius 3 is 2.65 bits per heavy atom. The van der Waals surface area contributed by atoms with E-state index in [1.165, 1.54) is 6.33 Å². The van der Waals surface area contributed by atoms with Gasteiger partial charge in [-0.15, -0.1) is 0 Å². The van der Waals surface area contributed by atoms with Gasteiger partial charge in [-0.25, -0.2) is 14.6 Å². The van der Waals surface area contributed by atoms with Gasteiger partial charge in [0.1, 0.15) is 12.1 Å². The third-order valence-electron chi connectivity index (χ3n) is 5.43. The van der Waals surface area contributed by atoms with Crippen LogP contribution in [0.4, 0.5) is 11.5 Å². The third-order valence-corrected chi connectivity index (χ3v) is 5.43. The first kappa shape index (κ1) is 20.5. The number of aryl methyl sites for hydroxylation is 2. The second-order valence-corrected chi connectivity index (χ2v) is 7.76. The van der Waals surface area contributed by atoms with E-state index in [9.17, 15) is 9.59 Å². The molecule has 2 amide bonds. The van der Waals surface area contributed by atoms with Crippen molar-refractivity contribution in [3.8, 4) is 5.82 Å². The zero-order valence-electron chi connectivity index (χ0n) is 17.6. The maximum atomic E-state index is 12.9. The summed E-state index contributed by atoms with van der Waals surface area (Å²) in [5, 5.41) is 7.35. The number of nitrogens with zero attached hydrogens (tertiary/aromatic N) is 5. The normalized spacial score (nSPS) is 16.2. The highest BCUT2D eigenvalue weighted by Crippen LogP contribution is 2.25. The van der Waals surface area contributed by atoms with Gasteiger partial charge in [0.25, 0.3) is 5.91 Å². The quantitative estimate of drug-likeness (QED) is 0.655. The third kappa shape index (κ3) is 4.40. The summed E-state index contributed by atoms with van der Waals surface area (Å²) in [7, 11) is 0. The van der Waals surface area contributed by atoms with Crippen LogP contribution in [0.1, 0.15) is 34.6 Å². The van der Waals surface area contributed by atoms with Crippen LogP contribution in [0.5, 0.6) is 0 Å². The number of nitrogens with one attached hydrogen (secondary N) is 1. The molecule has 31 heavy (non-hydrogen) atoms. The lowest BCUT2D eigenvalue weighted by Crippen LogP contribution is -2.41. The number of hydrogen-bond donors (Lipinski definition) is 2. The molecule has 2 aromatic heterocycles. The van der Waals surface area contributed by atoms with Crippen LogP contribution in [0.25, 0.3) is 5.82 Å². The van der Waals surface area contributed by atoms with E-state index >= 15 is 0 Å². The molecule has 1 atom stereocenters. The standard InChI is InChI=1S/C22H25N7O2/c1-14-10-15(2)29(27-14)20-11-19(24-13-25-20)28-9-5-6-16(12-28)22(31)26-18-8-4-3-7-17(18)21(23)30/h3-4,7-8,10-11,13,16H,5-6,9,12H2,1-2H3,(H2,23,30)(H,26,31). The van der Waals surface area contributed by atoms with Crippen molar-refractivity contribution in [1.82, 2.24) is 19.7 Å². The van der Waals surface area contributed by atoms with Gasteiger partial charge in [-0.05, 0) is 44.9 Å². The highest BCUT2D eigenvalue weighted by Gasteiger charge is 2.27. The fraction of sp³-hybridized carbons (Fsp3) is 0.318. The molecule has 3 aromatic rings. The van der Waals surface area contributed by atoms with Crippen LogP contribution in [0, 0.1) is 19.8 Å². The van der Waals surface area contributed by atoms with Gasteiger partial charge in [-0.3, -0.25) is 9.59 Å². The molecule has 1 aliphatic rings. The number of nitrogens with two attached hydrogens (primary N) is 1. The van der Waals surface area contributed by atoms with E-state index in [-0.39, 0.29) is 11.8 Å². The van der Waals surface area contributed by atoms with Crippen molar-refractivity contribution >= 4 is 23.3 Å². The number of amides is 2. The summed E-state index contributed by atoms with van der Waals surface area (Å²) < 4.78 is 1.79. The zero-order valence-corrected chi connectivity index (χ0v) is 17.6. The average Bonchev–Trinajstić information content (AvgIpc) is 3.12. The van der Waals surface area contributed by atoms with E-state index in [4.69, 9.17) is 5.73 Å². The van der Waals surface area contributed by atoms with Gasteiger partial charge in [0.15, 0.2) is 5.82 Å². The van der Waals surface area contributed by atoms with Crippen LogP contribution in [0.15, 0.2) is 42.7 Å². The molecule has 0 aliphatic carbocycles. The Labute approximate surface area is 180 Å². The smallest absolute Gasteiger partial charge is 0.250 e. The second-order valence-electron chi connectivity index (χ2n) is 7.76. The highest BCUT2D eigenvalue weighted by atomic mass is 16.2. The Morgan fingerprint density at radius 1 is 1.13 bits per heavy atom. The number of aromatic nitrogens is 4. The number of carbonyl (C=O) groups excluding carboxylic acids is 2. The van der Waals surface area contributed by atoms with E-state index < -0.39 is 5.91 Å². The van der Waals surface area contributed by atoms with Gasteiger partial charge in [0.2, 0.25) is 5.91 Å². The lowest BCUT2D eigenvalue weighted by atomic mass is 9.96. The molecule has 3 N–H and O–H groups in total. The molecule has 9 nitrogen and oxygen atoms in total. The Balaban J connectivity index is 1.50. The molecule has 160 valence electrons. The van der Waals surface area contributed by atoms with Gasteiger partial charge in [0, 0.05) is 24.8 Å². The van der Waals surface area contributed by atoms with Gasteiger partial charge in [-0.1, -0.05) is 12.1 Å². The summed E-state index contributed by atoms with van der Waals surface area (Å²) in [5.74, 6) is 0.511. The number of anilines is 2. The molecule has 0 bridgehead atoms. The lowest BCUT2D eigenvalue weighted by molar-refractivity contribution is -0.120. The van der Waals surface area contributed by atoms with Crippen LogP contribution in [-0.2, 0) is 4.79 Å². The molecule has 1 fully saturated rings. The van der Waals surface area contributed by atoms with Crippen LogP contribution >= 0.6 is 0 Å². The van der Waals surface area contributed by atoms with E-state index in [1.807, 2.05) is 26.0 Å². The maximum absolute atomic E-state index is 12.9. The molecule has 1 aromatic carbocycles. The van der Waals surface area contributed by atoms with Crippen LogP contribution in [0.2, 0.25) is 0 Å². The monoisotopic (exact) mass is 419 g/mol. The van der Waals surface area contributed by atoms with Crippen LogP contribution < -0.4 is 16.0 Å². The van der Waals surface area contributed by atoms with Crippen molar-refractivity contribution in [2.75, 3.05) is 23.3 Å². The summed E-state index contributed by atoms with van der Waals surface area (Å²) in [4.78, 5) is 35.4. The molecule has 0 saturated carbocycles. The molecule has 4 rings (SSSR count). The molecule has 1 saturated heterocycles. The molecule has 0 spiro atoms. The van der Waals surface area contributed by atoms with E-state index in [1.54, 1.807) is 28.9 Å². The first-order chi connectivity index (χ1) is 14.9. The Kier molecular flexibility index (Phi) is 5.66. The largest absolute Gasteiger partial charge is 0.366 e. The SMILES string of the molecule is Cc1cc(C)n(-c2cc(N3CCCC(C(=O)Nc4ccccc4C(N)=O)C3)ncn2)n1. The Bertz CT molecular complexity index is 1120. The average molecular weight is 419 g/mol. The first-order valence-corrected chi connectivity index (χ1v) is 10.2. The van der Waals surface area contributed by atoms with Crippen molar-refractivity contribution in [2.24, 2.45) is 11.7 Å². The predicted molar refractivity (Wildman–Crippen MR) is 117 cm³/mol. The minimum atomic E-state index is -0.571. The van der Waals surface area contributed by atoms with E-state index in [2.05, 4.69) is 25.3 Å². The van der Waals surface area contributed by atoms with Crippen molar-refractivity contribution in [2.45, 2.75) is 26.7 Å².